The lowest BCUT2D eigenvalue weighted by molar-refractivity contribution is -0.116. The number of hydrogen-bond donors (Lipinski definition) is 3. The summed E-state index contributed by atoms with van der Waals surface area (Å²) in [5, 5.41) is 7.80. The zero-order chi connectivity index (χ0) is 17.8. The van der Waals surface area contributed by atoms with E-state index >= 15 is 0 Å². The summed E-state index contributed by atoms with van der Waals surface area (Å²) in [6, 6.07) is 3.40. The fourth-order valence-electron chi connectivity index (χ4n) is 2.17. The van der Waals surface area contributed by atoms with Crippen LogP contribution in [0.15, 0.2) is 12.1 Å². The van der Waals surface area contributed by atoms with Gasteiger partial charge < -0.3 is 15.2 Å². The van der Waals surface area contributed by atoms with Crippen molar-refractivity contribution >= 4 is 21.9 Å². The van der Waals surface area contributed by atoms with E-state index in [0.717, 1.165) is 0 Å². The van der Waals surface area contributed by atoms with Gasteiger partial charge in [0.15, 0.2) is 5.75 Å². The van der Waals surface area contributed by atoms with E-state index in [9.17, 15) is 13.2 Å². The van der Waals surface area contributed by atoms with Crippen molar-refractivity contribution in [3.05, 3.63) is 23.3 Å². The molecule has 0 heterocycles. The summed E-state index contributed by atoms with van der Waals surface area (Å²) in [6.07, 6.45) is 0.212. The second-order valence-corrected chi connectivity index (χ2v) is 7.11. The molecular weight excluding hydrogens is 318 g/mol. The Morgan fingerprint density at radius 1 is 1.17 bits per heavy atom. The van der Waals surface area contributed by atoms with Crippen molar-refractivity contribution in [1.82, 2.24) is 0 Å². The minimum atomic E-state index is -4.14. The van der Waals surface area contributed by atoms with Gasteiger partial charge in [-0.05, 0) is 24.0 Å². The molecule has 0 aliphatic heterocycles. The molecule has 1 rings (SSSR count). The molecule has 0 atom stereocenters. The molecule has 23 heavy (non-hydrogen) atoms. The van der Waals surface area contributed by atoms with Gasteiger partial charge in [-0.15, -0.1) is 0 Å². The van der Waals surface area contributed by atoms with Gasteiger partial charge in [-0.3, -0.25) is 4.79 Å². The number of carbonyl (C=O) groups excluding carboxylic acids is 1. The Labute approximate surface area is 137 Å². The van der Waals surface area contributed by atoms with Crippen molar-refractivity contribution in [1.29, 1.82) is 0 Å². The number of carbonyl (C=O) groups is 1. The number of anilines is 1. The Bertz CT molecular complexity index is 640. The molecule has 1 aromatic rings. The first-order valence-electron chi connectivity index (χ1n) is 7.45. The molecule has 0 fully saturated rings. The van der Waals surface area contributed by atoms with E-state index in [1.54, 1.807) is 12.1 Å². The van der Waals surface area contributed by atoms with Crippen LogP contribution in [-0.4, -0.2) is 20.9 Å². The van der Waals surface area contributed by atoms with E-state index in [-0.39, 0.29) is 36.5 Å². The number of hydrogen-bond acceptors (Lipinski definition) is 5. The van der Waals surface area contributed by atoms with Crippen LogP contribution in [0.4, 0.5) is 5.69 Å². The third-order valence-corrected chi connectivity index (χ3v) is 3.64. The predicted molar refractivity (Wildman–Crippen MR) is 90.7 cm³/mol. The molecule has 0 aliphatic carbocycles. The van der Waals surface area contributed by atoms with Crippen LogP contribution in [0.25, 0.3) is 0 Å². The highest BCUT2D eigenvalue weighted by Gasteiger charge is 2.21. The van der Waals surface area contributed by atoms with Gasteiger partial charge in [0.2, 0.25) is 5.91 Å². The first kappa shape index (κ1) is 19.4. The van der Waals surface area contributed by atoms with Crippen molar-refractivity contribution in [2.24, 2.45) is 10.9 Å². The fourth-order valence-corrected chi connectivity index (χ4v) is 2.60. The Balaban J connectivity index is 3.42. The monoisotopic (exact) mass is 343 g/mol. The molecule has 1 aromatic carbocycles. The summed E-state index contributed by atoms with van der Waals surface area (Å²) < 4.78 is 27.8. The van der Waals surface area contributed by atoms with E-state index in [4.69, 9.17) is 15.1 Å². The normalized spacial score (nSPS) is 11.8. The SMILES string of the molecule is CC(C)c1cc(NC(=O)CCN)cc(C(C)C)c1OS(N)(=O)=O. The van der Waals surface area contributed by atoms with E-state index in [2.05, 4.69) is 5.32 Å². The van der Waals surface area contributed by atoms with Gasteiger partial charge in [-0.1, -0.05) is 27.7 Å². The van der Waals surface area contributed by atoms with Crippen LogP contribution in [0.1, 0.15) is 57.1 Å². The Hall–Kier alpha value is -1.64. The molecule has 5 N–H and O–H groups in total. The van der Waals surface area contributed by atoms with Gasteiger partial charge in [0, 0.05) is 29.8 Å². The number of nitrogens with two attached hydrogens (primary N) is 2. The molecule has 130 valence electrons. The summed E-state index contributed by atoms with van der Waals surface area (Å²) >= 11 is 0. The number of nitrogens with one attached hydrogen (secondary N) is 1. The van der Waals surface area contributed by atoms with E-state index in [1.807, 2.05) is 27.7 Å². The summed E-state index contributed by atoms with van der Waals surface area (Å²) in [5.74, 6) is -0.00225. The zero-order valence-electron chi connectivity index (χ0n) is 13.9. The highest BCUT2D eigenvalue weighted by molar-refractivity contribution is 7.84. The van der Waals surface area contributed by atoms with Gasteiger partial charge in [0.25, 0.3) is 0 Å². The minimum Gasteiger partial charge on any atom is -0.370 e. The van der Waals surface area contributed by atoms with Crippen molar-refractivity contribution in [2.45, 2.75) is 46.0 Å². The second-order valence-electron chi connectivity index (χ2n) is 5.96. The average molecular weight is 343 g/mol. The van der Waals surface area contributed by atoms with Gasteiger partial charge >= 0.3 is 10.3 Å². The molecule has 0 saturated carbocycles. The quantitative estimate of drug-likeness (QED) is 0.696. The van der Waals surface area contributed by atoms with Crippen LogP contribution in [0.2, 0.25) is 0 Å². The van der Waals surface area contributed by atoms with Crippen molar-refractivity contribution in [2.75, 3.05) is 11.9 Å². The van der Waals surface area contributed by atoms with Crippen LogP contribution < -0.4 is 20.4 Å². The van der Waals surface area contributed by atoms with Gasteiger partial charge in [0.1, 0.15) is 0 Å². The molecule has 0 saturated heterocycles. The fraction of sp³-hybridized carbons (Fsp3) is 0.533. The first-order valence-corrected chi connectivity index (χ1v) is 8.92. The van der Waals surface area contributed by atoms with Crippen LogP contribution >= 0.6 is 0 Å². The number of rotatable bonds is 7. The van der Waals surface area contributed by atoms with Crippen molar-refractivity contribution in [3.63, 3.8) is 0 Å². The third-order valence-electron chi connectivity index (χ3n) is 3.25. The predicted octanol–water partition coefficient (Wildman–Crippen LogP) is 1.80. The standard InChI is InChI=1S/C15H25N3O4S/c1-9(2)12-7-11(18-14(19)5-6-16)8-13(10(3)4)15(12)22-23(17,20)21/h7-10H,5-6,16H2,1-4H3,(H,18,19)(H2,17,20,21). The molecule has 0 spiro atoms. The van der Waals surface area contributed by atoms with Gasteiger partial charge in [0.05, 0.1) is 0 Å². The zero-order valence-corrected chi connectivity index (χ0v) is 14.7. The van der Waals surface area contributed by atoms with Crippen LogP contribution in [0, 0.1) is 0 Å². The molecule has 1 amide bonds. The maximum atomic E-state index is 11.8. The van der Waals surface area contributed by atoms with Crippen molar-refractivity contribution in [3.8, 4) is 5.75 Å². The van der Waals surface area contributed by atoms with Gasteiger partial charge in [-0.2, -0.15) is 13.6 Å². The maximum absolute atomic E-state index is 11.8. The smallest absolute Gasteiger partial charge is 0.370 e. The molecule has 7 nitrogen and oxygen atoms in total. The molecule has 8 heteroatoms. The van der Waals surface area contributed by atoms with Gasteiger partial charge in [-0.25, -0.2) is 0 Å². The Kier molecular flexibility index (Phi) is 6.55. The molecule has 0 radical (unpaired) electrons. The average Bonchev–Trinajstić information content (AvgIpc) is 2.38. The summed E-state index contributed by atoms with van der Waals surface area (Å²) in [6.45, 7) is 7.87. The molecule has 0 unspecified atom stereocenters. The number of amides is 1. The van der Waals surface area contributed by atoms with Crippen molar-refractivity contribution < 1.29 is 17.4 Å². The molecule has 0 aromatic heterocycles. The summed E-state index contributed by atoms with van der Waals surface area (Å²) in [5.41, 5.74) is 7.27. The summed E-state index contributed by atoms with van der Waals surface area (Å²) in [7, 11) is -4.14. The first-order chi connectivity index (χ1) is 10.5. The minimum absolute atomic E-state index is 0.0180. The largest absolute Gasteiger partial charge is 0.380 e. The summed E-state index contributed by atoms with van der Waals surface area (Å²) in [4.78, 5) is 11.8. The molecule has 0 aliphatic rings. The van der Waals surface area contributed by atoms with Crippen LogP contribution in [0.5, 0.6) is 5.75 Å². The second kappa shape index (κ2) is 7.76. The lowest BCUT2D eigenvalue weighted by atomic mass is 9.93. The van der Waals surface area contributed by atoms with E-state index in [1.165, 1.54) is 0 Å². The maximum Gasteiger partial charge on any atom is 0.380 e. The lowest BCUT2D eigenvalue weighted by Crippen LogP contribution is -2.21. The van der Waals surface area contributed by atoms with Crippen LogP contribution in [0.3, 0.4) is 0 Å². The Morgan fingerprint density at radius 3 is 2.00 bits per heavy atom. The highest BCUT2D eigenvalue weighted by atomic mass is 32.2. The van der Waals surface area contributed by atoms with E-state index < -0.39 is 10.3 Å². The third kappa shape index (κ3) is 5.81. The lowest BCUT2D eigenvalue weighted by Gasteiger charge is -2.20. The highest BCUT2D eigenvalue weighted by Crippen LogP contribution is 2.38. The molecule has 0 bridgehead atoms. The van der Waals surface area contributed by atoms with E-state index in [0.29, 0.717) is 16.8 Å². The molecular formula is C15H25N3O4S. The van der Waals surface area contributed by atoms with Crippen LogP contribution in [-0.2, 0) is 15.1 Å². The Morgan fingerprint density at radius 2 is 1.65 bits per heavy atom. The topological polar surface area (TPSA) is 125 Å². The number of benzene rings is 1.